The maximum atomic E-state index is 12.2. The van der Waals surface area contributed by atoms with Gasteiger partial charge in [-0.3, -0.25) is 0 Å². The van der Waals surface area contributed by atoms with Crippen molar-refractivity contribution in [2.45, 2.75) is 20.0 Å². The average molecular weight is 176 g/mol. The molecule has 0 saturated carbocycles. The van der Waals surface area contributed by atoms with E-state index in [1.165, 1.54) is 13.8 Å². The molecule has 0 aliphatic rings. The van der Waals surface area contributed by atoms with Crippen molar-refractivity contribution in [3.8, 4) is 0 Å². The van der Waals surface area contributed by atoms with Crippen molar-refractivity contribution < 1.29 is 13.2 Å². The van der Waals surface area contributed by atoms with Crippen LogP contribution >= 0.6 is 0 Å². The highest BCUT2D eigenvalue weighted by molar-refractivity contribution is 5.36. The Morgan fingerprint density at radius 3 is 1.67 bits per heavy atom. The topological polar surface area (TPSA) is 0 Å². The van der Waals surface area contributed by atoms with Gasteiger partial charge in [0.15, 0.2) is 0 Å². The molecule has 0 nitrogen and oxygen atoms in total. The van der Waals surface area contributed by atoms with Gasteiger partial charge in [0.05, 0.1) is 5.57 Å². The number of allylic oxidation sites excluding steroid dienone is 4. The van der Waals surface area contributed by atoms with E-state index in [4.69, 9.17) is 0 Å². The molecule has 0 bridgehead atoms. The molecular formula is C9H11F3. The molecule has 0 atom stereocenters. The maximum absolute atomic E-state index is 12.2. The van der Waals surface area contributed by atoms with Crippen LogP contribution in [0.1, 0.15) is 13.8 Å². The van der Waals surface area contributed by atoms with Crippen LogP contribution < -0.4 is 0 Å². The van der Waals surface area contributed by atoms with E-state index in [9.17, 15) is 13.2 Å². The van der Waals surface area contributed by atoms with Gasteiger partial charge in [-0.15, -0.1) is 0 Å². The molecule has 0 heterocycles. The van der Waals surface area contributed by atoms with Gasteiger partial charge >= 0.3 is 6.18 Å². The fourth-order valence-electron chi connectivity index (χ4n) is 0.693. The lowest BCUT2D eigenvalue weighted by molar-refractivity contribution is -0.0892. The van der Waals surface area contributed by atoms with Crippen LogP contribution in [0.25, 0.3) is 0 Å². The third-order valence-corrected chi connectivity index (χ3v) is 1.16. The first-order chi connectivity index (χ1) is 5.25. The standard InChI is InChI=1S/C9H11F3/c1-6(2)5-8(7(3)4)9(10,11)12/h5H,1,3H2,2,4H3/b8-5+. The van der Waals surface area contributed by atoms with Gasteiger partial charge in [-0.05, 0) is 25.5 Å². The Kier molecular flexibility index (Phi) is 3.31. The van der Waals surface area contributed by atoms with Gasteiger partial charge in [-0.25, -0.2) is 0 Å². The molecule has 68 valence electrons. The second-order valence-corrected chi connectivity index (χ2v) is 2.68. The van der Waals surface area contributed by atoms with Crippen LogP contribution in [0.3, 0.4) is 0 Å². The molecule has 0 N–H and O–H groups in total. The molecule has 0 unspecified atom stereocenters. The van der Waals surface area contributed by atoms with Gasteiger partial charge in [0.1, 0.15) is 0 Å². The lowest BCUT2D eigenvalue weighted by Crippen LogP contribution is -2.12. The van der Waals surface area contributed by atoms with Crippen LogP contribution in [-0.2, 0) is 0 Å². The third kappa shape index (κ3) is 3.42. The summed E-state index contributed by atoms with van der Waals surface area (Å²) < 4.78 is 36.5. The second-order valence-electron chi connectivity index (χ2n) is 2.68. The summed E-state index contributed by atoms with van der Waals surface area (Å²) in [6.07, 6.45) is -3.34. The summed E-state index contributed by atoms with van der Waals surface area (Å²) in [6, 6.07) is 0. The first kappa shape index (κ1) is 11.0. The highest BCUT2D eigenvalue weighted by Gasteiger charge is 2.33. The summed E-state index contributed by atoms with van der Waals surface area (Å²) in [4.78, 5) is 0. The molecular weight excluding hydrogens is 165 g/mol. The van der Waals surface area contributed by atoms with Gasteiger partial charge in [-0.2, -0.15) is 13.2 Å². The van der Waals surface area contributed by atoms with E-state index in [-0.39, 0.29) is 5.57 Å². The lowest BCUT2D eigenvalue weighted by atomic mass is 10.1. The van der Waals surface area contributed by atoms with Crippen LogP contribution in [-0.4, -0.2) is 6.18 Å². The molecule has 0 aliphatic carbocycles. The van der Waals surface area contributed by atoms with E-state index in [2.05, 4.69) is 13.2 Å². The Balaban J connectivity index is 4.94. The van der Waals surface area contributed by atoms with E-state index >= 15 is 0 Å². The summed E-state index contributed by atoms with van der Waals surface area (Å²) in [5.74, 6) is 0. The van der Waals surface area contributed by atoms with Crippen LogP contribution in [0.2, 0.25) is 0 Å². The molecule has 0 aromatic carbocycles. The monoisotopic (exact) mass is 176 g/mol. The molecule has 12 heavy (non-hydrogen) atoms. The van der Waals surface area contributed by atoms with Gasteiger partial charge in [0, 0.05) is 0 Å². The Labute approximate surface area is 70.1 Å². The number of hydrogen-bond donors (Lipinski definition) is 0. The number of hydrogen-bond acceptors (Lipinski definition) is 0. The summed E-state index contributed by atoms with van der Waals surface area (Å²) in [5.41, 5.74) is -0.342. The maximum Gasteiger partial charge on any atom is 0.416 e. The molecule has 0 aliphatic heterocycles. The molecule has 0 amide bonds. The van der Waals surface area contributed by atoms with Crippen LogP contribution in [0.4, 0.5) is 13.2 Å². The average Bonchev–Trinajstić information content (AvgIpc) is 1.79. The van der Waals surface area contributed by atoms with Crippen molar-refractivity contribution in [3.63, 3.8) is 0 Å². The molecule has 0 spiro atoms. The van der Waals surface area contributed by atoms with E-state index in [0.717, 1.165) is 6.08 Å². The molecule has 0 saturated heterocycles. The van der Waals surface area contributed by atoms with Crippen molar-refractivity contribution in [3.05, 3.63) is 36.0 Å². The van der Waals surface area contributed by atoms with Gasteiger partial charge in [0.25, 0.3) is 0 Å². The number of halogens is 3. The normalized spacial score (nSPS) is 12.9. The van der Waals surface area contributed by atoms with E-state index in [1.807, 2.05) is 0 Å². The predicted molar refractivity (Wildman–Crippen MR) is 43.8 cm³/mol. The fourth-order valence-corrected chi connectivity index (χ4v) is 0.693. The van der Waals surface area contributed by atoms with Crippen molar-refractivity contribution >= 4 is 0 Å². The molecule has 0 rings (SSSR count). The lowest BCUT2D eigenvalue weighted by Gasteiger charge is -2.10. The van der Waals surface area contributed by atoms with Crippen LogP contribution in [0, 0.1) is 0 Å². The first-order valence-electron chi connectivity index (χ1n) is 3.35. The third-order valence-electron chi connectivity index (χ3n) is 1.16. The van der Waals surface area contributed by atoms with Crippen molar-refractivity contribution in [2.75, 3.05) is 0 Å². The highest BCUT2D eigenvalue weighted by Crippen LogP contribution is 2.30. The van der Waals surface area contributed by atoms with Crippen LogP contribution in [0.15, 0.2) is 36.0 Å². The van der Waals surface area contributed by atoms with Crippen LogP contribution in [0.5, 0.6) is 0 Å². The molecule has 0 fully saturated rings. The zero-order valence-electron chi connectivity index (χ0n) is 7.13. The Morgan fingerprint density at radius 1 is 1.17 bits per heavy atom. The van der Waals surface area contributed by atoms with E-state index in [0.29, 0.717) is 5.57 Å². The number of rotatable bonds is 2. The summed E-state index contributed by atoms with van der Waals surface area (Å²) in [5, 5.41) is 0. The largest absolute Gasteiger partial charge is 0.416 e. The second kappa shape index (κ2) is 3.61. The molecule has 3 heteroatoms. The predicted octanol–water partition coefficient (Wildman–Crippen LogP) is 3.63. The zero-order chi connectivity index (χ0) is 9.94. The fraction of sp³-hybridized carbons (Fsp3) is 0.333. The smallest absolute Gasteiger partial charge is 0.166 e. The minimum atomic E-state index is -4.33. The molecule has 0 aromatic rings. The van der Waals surface area contributed by atoms with E-state index in [1.54, 1.807) is 0 Å². The van der Waals surface area contributed by atoms with E-state index < -0.39 is 11.7 Å². The quantitative estimate of drug-likeness (QED) is 0.563. The van der Waals surface area contributed by atoms with Gasteiger partial charge in [0.2, 0.25) is 0 Å². The summed E-state index contributed by atoms with van der Waals surface area (Å²) in [7, 11) is 0. The minimum Gasteiger partial charge on any atom is -0.166 e. The number of alkyl halides is 3. The molecule has 0 radical (unpaired) electrons. The van der Waals surface area contributed by atoms with Crippen molar-refractivity contribution in [1.82, 2.24) is 0 Å². The van der Waals surface area contributed by atoms with Gasteiger partial charge in [-0.1, -0.05) is 18.7 Å². The van der Waals surface area contributed by atoms with Crippen molar-refractivity contribution in [1.29, 1.82) is 0 Å². The summed E-state index contributed by atoms with van der Waals surface area (Å²) in [6.45, 7) is 9.45. The Hall–Kier alpha value is -0.990. The Morgan fingerprint density at radius 2 is 1.58 bits per heavy atom. The first-order valence-corrected chi connectivity index (χ1v) is 3.35. The zero-order valence-corrected chi connectivity index (χ0v) is 7.13. The SMILES string of the molecule is C=C(C)/C=C(\C(=C)C)C(F)(F)F. The van der Waals surface area contributed by atoms with Crippen molar-refractivity contribution in [2.24, 2.45) is 0 Å². The minimum absolute atomic E-state index is 0.00509. The molecule has 0 aromatic heterocycles. The Bertz CT molecular complexity index is 231. The summed E-state index contributed by atoms with van der Waals surface area (Å²) >= 11 is 0. The van der Waals surface area contributed by atoms with Gasteiger partial charge < -0.3 is 0 Å². The highest BCUT2D eigenvalue weighted by atomic mass is 19.4.